The van der Waals surface area contributed by atoms with E-state index in [1.54, 1.807) is 0 Å². The van der Waals surface area contributed by atoms with Crippen LogP contribution in [0.3, 0.4) is 0 Å². The summed E-state index contributed by atoms with van der Waals surface area (Å²) < 4.78 is 25.2. The van der Waals surface area contributed by atoms with Crippen LogP contribution in [-0.4, -0.2) is 30.4 Å². The first-order valence-electron chi connectivity index (χ1n) is 11.2. The number of anilines is 1. The molecule has 0 bridgehead atoms. The number of nitrogens with zero attached hydrogens (tertiary/aromatic N) is 3. The molecule has 166 valence electrons. The summed E-state index contributed by atoms with van der Waals surface area (Å²) in [7, 11) is 2.11. The van der Waals surface area contributed by atoms with Crippen LogP contribution < -0.4 is 23.8 Å². The maximum atomic E-state index is 6.02. The highest BCUT2D eigenvalue weighted by atomic mass is 16.7. The van der Waals surface area contributed by atoms with Gasteiger partial charge in [0.25, 0.3) is 0 Å². The molecule has 0 amide bonds. The Kier molecular flexibility index (Phi) is 3.38. The van der Waals surface area contributed by atoms with E-state index in [0.29, 0.717) is 0 Å². The van der Waals surface area contributed by atoms with Crippen molar-refractivity contribution in [2.45, 2.75) is 6.17 Å². The molecule has 0 radical (unpaired) electrons. The summed E-state index contributed by atoms with van der Waals surface area (Å²) in [5.41, 5.74) is 5.48. The zero-order chi connectivity index (χ0) is 22.4. The normalized spacial score (nSPS) is 17.3. The van der Waals surface area contributed by atoms with Gasteiger partial charge in [-0.25, -0.2) is 4.68 Å². The van der Waals surface area contributed by atoms with Crippen molar-refractivity contribution in [1.29, 1.82) is 0 Å². The maximum Gasteiger partial charge on any atom is 0.231 e. The molecule has 0 fully saturated rings. The van der Waals surface area contributed by atoms with Crippen molar-refractivity contribution in [3.63, 3.8) is 0 Å². The van der Waals surface area contributed by atoms with E-state index < -0.39 is 0 Å². The number of rotatable bonds is 1. The van der Waals surface area contributed by atoms with Gasteiger partial charge in [0.15, 0.2) is 29.2 Å². The van der Waals surface area contributed by atoms with E-state index in [1.165, 1.54) is 0 Å². The van der Waals surface area contributed by atoms with Gasteiger partial charge in [0.2, 0.25) is 13.6 Å². The topological polar surface area (TPSA) is 58.0 Å². The molecule has 8 rings (SSSR count). The van der Waals surface area contributed by atoms with Crippen LogP contribution >= 0.6 is 0 Å². The van der Waals surface area contributed by atoms with Crippen LogP contribution in [0, 0.1) is 0 Å². The summed E-state index contributed by atoms with van der Waals surface area (Å²) in [5, 5.41) is 8.14. The highest BCUT2D eigenvalue weighted by Gasteiger charge is 2.38. The maximum absolute atomic E-state index is 6.02. The fourth-order valence-electron chi connectivity index (χ4n) is 5.57. The second kappa shape index (κ2) is 6.35. The molecule has 0 aliphatic carbocycles. The van der Waals surface area contributed by atoms with E-state index in [9.17, 15) is 0 Å². The first kappa shape index (κ1) is 18.1. The van der Waals surface area contributed by atoms with E-state index in [4.69, 9.17) is 24.0 Å². The lowest BCUT2D eigenvalue weighted by molar-refractivity contribution is 0.172. The van der Waals surface area contributed by atoms with Crippen LogP contribution in [0.2, 0.25) is 0 Å². The van der Waals surface area contributed by atoms with Crippen molar-refractivity contribution >= 4 is 27.4 Å². The quantitative estimate of drug-likeness (QED) is 0.346. The fraction of sp³-hybridized carbons (Fsp3) is 0.148. The van der Waals surface area contributed by atoms with Crippen molar-refractivity contribution in [3.05, 3.63) is 72.4 Å². The molecule has 3 aliphatic heterocycles. The van der Waals surface area contributed by atoms with Gasteiger partial charge in [0.1, 0.15) is 0 Å². The Morgan fingerprint density at radius 1 is 0.794 bits per heavy atom. The molecule has 0 spiro atoms. The Morgan fingerprint density at radius 3 is 2.53 bits per heavy atom. The molecule has 0 saturated heterocycles. The lowest BCUT2D eigenvalue weighted by Gasteiger charge is -2.39. The van der Waals surface area contributed by atoms with Crippen LogP contribution in [0.25, 0.3) is 32.8 Å². The van der Waals surface area contributed by atoms with Crippen LogP contribution in [0.5, 0.6) is 23.0 Å². The first-order chi connectivity index (χ1) is 16.8. The minimum atomic E-state index is -0.227. The number of aromatic nitrogens is 2. The number of ether oxygens (including phenoxy) is 4. The van der Waals surface area contributed by atoms with Gasteiger partial charge >= 0.3 is 0 Å². The first-order valence-corrected chi connectivity index (χ1v) is 11.2. The third-order valence-electron chi connectivity index (χ3n) is 7.07. The van der Waals surface area contributed by atoms with E-state index in [-0.39, 0.29) is 19.8 Å². The Labute approximate surface area is 194 Å². The van der Waals surface area contributed by atoms with Crippen LogP contribution in [0.4, 0.5) is 5.69 Å². The van der Waals surface area contributed by atoms with Crippen LogP contribution in [-0.2, 0) is 0 Å². The molecule has 1 unspecified atom stereocenters. The molecule has 1 atom stereocenters. The Hall–Kier alpha value is -4.39. The van der Waals surface area contributed by atoms with E-state index in [2.05, 4.69) is 59.1 Å². The largest absolute Gasteiger partial charge is 0.454 e. The predicted octanol–water partition coefficient (Wildman–Crippen LogP) is 5.31. The Morgan fingerprint density at radius 2 is 1.59 bits per heavy atom. The fourth-order valence-corrected chi connectivity index (χ4v) is 5.57. The average Bonchev–Trinajstić information content (AvgIpc) is 3.61. The van der Waals surface area contributed by atoms with Crippen molar-refractivity contribution < 1.29 is 18.9 Å². The van der Waals surface area contributed by atoms with E-state index >= 15 is 0 Å². The van der Waals surface area contributed by atoms with Crippen LogP contribution in [0.1, 0.15) is 11.7 Å². The summed E-state index contributed by atoms with van der Waals surface area (Å²) in [6.07, 6.45) is 1.69. The van der Waals surface area contributed by atoms with Crippen molar-refractivity contribution in [2.75, 3.05) is 25.5 Å². The number of hydrogen-bond donors (Lipinski definition) is 0. The molecule has 4 aromatic carbocycles. The van der Waals surface area contributed by atoms with Gasteiger partial charge in [-0.3, -0.25) is 0 Å². The third kappa shape index (κ3) is 2.23. The summed E-state index contributed by atoms with van der Waals surface area (Å²) in [5.74, 6) is 3.10. The molecule has 3 aliphatic rings. The summed E-state index contributed by atoms with van der Waals surface area (Å²) >= 11 is 0. The monoisotopic (exact) mass is 449 g/mol. The molecule has 7 heteroatoms. The highest BCUT2D eigenvalue weighted by Crippen LogP contribution is 2.54. The van der Waals surface area contributed by atoms with E-state index in [1.807, 2.05) is 24.4 Å². The number of hydrogen-bond acceptors (Lipinski definition) is 6. The molecule has 7 nitrogen and oxygen atoms in total. The van der Waals surface area contributed by atoms with Crippen LogP contribution in [0.15, 0.2) is 66.9 Å². The molecule has 0 N–H and O–H groups in total. The smallest absolute Gasteiger partial charge is 0.231 e. The molecule has 1 aromatic heterocycles. The zero-order valence-electron chi connectivity index (χ0n) is 18.3. The van der Waals surface area contributed by atoms with Gasteiger partial charge in [0, 0.05) is 23.4 Å². The van der Waals surface area contributed by atoms with Gasteiger partial charge in [-0.1, -0.05) is 30.3 Å². The average molecular weight is 449 g/mol. The third-order valence-corrected chi connectivity index (χ3v) is 7.07. The summed E-state index contributed by atoms with van der Waals surface area (Å²) in [4.78, 5) is 2.28. The van der Waals surface area contributed by atoms with Gasteiger partial charge in [-0.2, -0.15) is 5.10 Å². The molecule has 4 heterocycles. The lowest BCUT2D eigenvalue weighted by atomic mass is 9.88. The number of benzene rings is 4. The molecule has 0 saturated carbocycles. The van der Waals surface area contributed by atoms with Gasteiger partial charge in [0.05, 0.1) is 23.0 Å². The number of para-hydroxylation sites is 1. The predicted molar refractivity (Wildman–Crippen MR) is 128 cm³/mol. The second-order valence-electron chi connectivity index (χ2n) is 8.78. The minimum Gasteiger partial charge on any atom is -0.454 e. The molecular weight excluding hydrogens is 430 g/mol. The second-order valence-corrected chi connectivity index (χ2v) is 8.78. The molecule has 34 heavy (non-hydrogen) atoms. The molecule has 5 aromatic rings. The van der Waals surface area contributed by atoms with Crippen molar-refractivity contribution in [3.8, 4) is 34.1 Å². The Bertz CT molecular complexity index is 1660. The summed E-state index contributed by atoms with van der Waals surface area (Å²) in [6.45, 7) is 0.466. The van der Waals surface area contributed by atoms with Gasteiger partial charge in [-0.05, 0) is 41.3 Å². The van der Waals surface area contributed by atoms with Gasteiger partial charge in [-0.15, -0.1) is 0 Å². The van der Waals surface area contributed by atoms with E-state index in [0.717, 1.165) is 67.1 Å². The summed E-state index contributed by atoms with van der Waals surface area (Å²) in [6, 6.07) is 20.9. The highest BCUT2D eigenvalue weighted by molar-refractivity contribution is 6.06. The Balaban J connectivity index is 1.47. The van der Waals surface area contributed by atoms with Gasteiger partial charge < -0.3 is 23.8 Å². The SMILES string of the molecule is CN1c2c(ccc3cc4c(cc23)OCO4)-c2ccc3c(c2C1n1ncc2ccccc21)OCO3. The minimum absolute atomic E-state index is 0.218. The van der Waals surface area contributed by atoms with Crippen molar-refractivity contribution in [2.24, 2.45) is 0 Å². The zero-order valence-corrected chi connectivity index (χ0v) is 18.3. The van der Waals surface area contributed by atoms with Crippen molar-refractivity contribution in [1.82, 2.24) is 9.78 Å². The molecular formula is C27H19N3O4. The standard InChI is InChI=1S/C27H19N3O4/c1-29-25-18(7-6-15-10-22-23(11-19(15)25)33-13-32-22)17-8-9-21-26(34-14-31-21)24(17)27(29)30-20-5-3-2-4-16(20)12-28-30/h2-12,27H,13-14H2,1H3. The lowest BCUT2D eigenvalue weighted by Crippen LogP contribution is -2.34. The number of fused-ring (bicyclic) bond motifs is 9.